The van der Waals surface area contributed by atoms with Gasteiger partial charge in [-0.2, -0.15) is 4.98 Å². The maximum atomic E-state index is 5.15. The Labute approximate surface area is 145 Å². The zero-order valence-corrected chi connectivity index (χ0v) is 14.4. The van der Waals surface area contributed by atoms with Crippen molar-refractivity contribution in [1.29, 1.82) is 0 Å². The van der Waals surface area contributed by atoms with Gasteiger partial charge in [0.2, 0.25) is 11.8 Å². The van der Waals surface area contributed by atoms with Crippen molar-refractivity contribution in [2.75, 3.05) is 25.5 Å². The second-order valence-corrected chi connectivity index (χ2v) is 6.96. The largest absolute Gasteiger partial charge is 0.481 e. The van der Waals surface area contributed by atoms with Gasteiger partial charge in [-0.05, 0) is 28.8 Å². The lowest BCUT2D eigenvalue weighted by molar-refractivity contribution is 0.330. The number of hydrogen-bond donors (Lipinski definition) is 1. The van der Waals surface area contributed by atoms with Crippen LogP contribution in [0.2, 0.25) is 0 Å². The first kappa shape index (κ1) is 15.4. The first-order valence-electron chi connectivity index (χ1n) is 8.13. The average molecular weight is 340 g/mol. The maximum absolute atomic E-state index is 5.15. The van der Waals surface area contributed by atoms with Crippen molar-refractivity contribution in [2.24, 2.45) is 0 Å². The van der Waals surface area contributed by atoms with Gasteiger partial charge in [0.1, 0.15) is 0 Å². The van der Waals surface area contributed by atoms with E-state index in [2.05, 4.69) is 49.8 Å². The summed E-state index contributed by atoms with van der Waals surface area (Å²) in [6, 6.07) is 10.8. The zero-order chi connectivity index (χ0) is 16.4. The fourth-order valence-electron chi connectivity index (χ4n) is 3.20. The standard InChI is InChI=1S/C18H20N4OS/c1-23-17-6-8-19-18(21-17)20-14-7-9-22(11-14)10-13-12-24-16-5-3-2-4-15(13)16/h2-6,8,12,14H,7,9-11H2,1H3,(H,19,20,21). The van der Waals surface area contributed by atoms with Gasteiger partial charge in [0.25, 0.3) is 0 Å². The van der Waals surface area contributed by atoms with Gasteiger partial charge in [0.15, 0.2) is 0 Å². The van der Waals surface area contributed by atoms with Crippen LogP contribution in [0.1, 0.15) is 12.0 Å². The number of likely N-dealkylation sites (tertiary alicyclic amines) is 1. The van der Waals surface area contributed by atoms with E-state index >= 15 is 0 Å². The number of hydrogen-bond acceptors (Lipinski definition) is 6. The molecule has 1 fully saturated rings. The molecule has 1 atom stereocenters. The predicted molar refractivity (Wildman–Crippen MR) is 97.7 cm³/mol. The molecule has 24 heavy (non-hydrogen) atoms. The SMILES string of the molecule is COc1ccnc(NC2CCN(Cc3csc4ccccc34)C2)n1. The Morgan fingerprint density at radius 2 is 2.25 bits per heavy atom. The molecule has 0 radical (unpaired) electrons. The number of thiophene rings is 1. The van der Waals surface area contributed by atoms with Crippen molar-refractivity contribution in [3.8, 4) is 5.88 Å². The lowest BCUT2D eigenvalue weighted by Crippen LogP contribution is -2.26. The summed E-state index contributed by atoms with van der Waals surface area (Å²) in [5.41, 5.74) is 1.42. The predicted octanol–water partition coefficient (Wildman–Crippen LogP) is 3.39. The van der Waals surface area contributed by atoms with E-state index in [1.807, 2.05) is 11.3 Å². The molecule has 0 amide bonds. The molecular weight excluding hydrogens is 320 g/mol. The Morgan fingerprint density at radius 3 is 3.17 bits per heavy atom. The molecule has 0 spiro atoms. The van der Waals surface area contributed by atoms with Gasteiger partial charge in [0, 0.05) is 42.6 Å². The highest BCUT2D eigenvalue weighted by Gasteiger charge is 2.23. The van der Waals surface area contributed by atoms with Crippen molar-refractivity contribution in [3.63, 3.8) is 0 Å². The number of nitrogens with one attached hydrogen (secondary N) is 1. The van der Waals surface area contributed by atoms with E-state index in [-0.39, 0.29) is 0 Å². The molecule has 1 aliphatic rings. The third-order valence-corrected chi connectivity index (χ3v) is 5.41. The van der Waals surface area contributed by atoms with E-state index in [9.17, 15) is 0 Å². The summed E-state index contributed by atoms with van der Waals surface area (Å²) in [6.45, 7) is 3.09. The molecule has 124 valence electrons. The van der Waals surface area contributed by atoms with Crippen LogP contribution >= 0.6 is 11.3 Å². The highest BCUT2D eigenvalue weighted by atomic mass is 32.1. The molecule has 1 aliphatic heterocycles. The summed E-state index contributed by atoms with van der Waals surface area (Å²) >= 11 is 1.83. The molecule has 5 nitrogen and oxygen atoms in total. The molecule has 0 bridgehead atoms. The fourth-order valence-corrected chi connectivity index (χ4v) is 4.15. The van der Waals surface area contributed by atoms with Gasteiger partial charge in [-0.25, -0.2) is 4.98 Å². The van der Waals surface area contributed by atoms with E-state index in [0.717, 1.165) is 26.1 Å². The van der Waals surface area contributed by atoms with Gasteiger partial charge in [0.05, 0.1) is 7.11 Å². The molecule has 3 heterocycles. The summed E-state index contributed by atoms with van der Waals surface area (Å²) < 4.78 is 6.52. The quantitative estimate of drug-likeness (QED) is 0.771. The summed E-state index contributed by atoms with van der Waals surface area (Å²) in [7, 11) is 1.62. The second kappa shape index (κ2) is 6.75. The highest BCUT2D eigenvalue weighted by molar-refractivity contribution is 7.17. The van der Waals surface area contributed by atoms with Crippen LogP contribution in [0, 0.1) is 0 Å². The molecule has 0 aliphatic carbocycles. The second-order valence-electron chi connectivity index (χ2n) is 6.04. The van der Waals surface area contributed by atoms with Crippen molar-refractivity contribution in [1.82, 2.24) is 14.9 Å². The van der Waals surface area contributed by atoms with E-state index in [1.165, 1.54) is 15.6 Å². The molecule has 6 heteroatoms. The topological polar surface area (TPSA) is 50.3 Å². The Hall–Kier alpha value is -2.18. The lowest BCUT2D eigenvalue weighted by Gasteiger charge is -2.16. The molecule has 2 aromatic heterocycles. The van der Waals surface area contributed by atoms with Crippen molar-refractivity contribution in [2.45, 2.75) is 19.0 Å². The summed E-state index contributed by atoms with van der Waals surface area (Å²) in [6.07, 6.45) is 2.82. The molecule has 1 N–H and O–H groups in total. The maximum Gasteiger partial charge on any atom is 0.226 e. The minimum atomic E-state index is 0.377. The van der Waals surface area contributed by atoms with Crippen LogP contribution in [0.15, 0.2) is 41.9 Å². The molecule has 3 aromatic rings. The first-order chi connectivity index (χ1) is 11.8. The van der Waals surface area contributed by atoms with Crippen LogP contribution in [0.25, 0.3) is 10.1 Å². The molecule has 1 unspecified atom stereocenters. The lowest BCUT2D eigenvalue weighted by atomic mass is 10.2. The number of anilines is 1. The monoisotopic (exact) mass is 340 g/mol. The average Bonchev–Trinajstić information content (AvgIpc) is 3.23. The minimum Gasteiger partial charge on any atom is -0.481 e. The number of methoxy groups -OCH3 is 1. The van der Waals surface area contributed by atoms with Crippen molar-refractivity contribution in [3.05, 3.63) is 47.5 Å². The number of nitrogens with zero attached hydrogens (tertiary/aromatic N) is 3. The van der Waals surface area contributed by atoms with Gasteiger partial charge in [-0.1, -0.05) is 18.2 Å². The molecule has 4 rings (SSSR count). The molecule has 1 saturated heterocycles. The van der Waals surface area contributed by atoms with Crippen LogP contribution in [-0.2, 0) is 6.54 Å². The number of fused-ring (bicyclic) bond motifs is 1. The molecule has 0 saturated carbocycles. The Kier molecular flexibility index (Phi) is 4.32. The van der Waals surface area contributed by atoms with E-state index in [4.69, 9.17) is 4.74 Å². The van der Waals surface area contributed by atoms with Gasteiger partial charge >= 0.3 is 0 Å². The summed E-state index contributed by atoms with van der Waals surface area (Å²) in [4.78, 5) is 11.1. The first-order valence-corrected chi connectivity index (χ1v) is 9.01. The van der Waals surface area contributed by atoms with Crippen LogP contribution in [-0.4, -0.2) is 41.1 Å². The third kappa shape index (κ3) is 3.20. The molecule has 1 aromatic carbocycles. The summed E-state index contributed by atoms with van der Waals surface area (Å²) in [5.74, 6) is 1.23. The van der Waals surface area contributed by atoms with Gasteiger partial charge in [-0.3, -0.25) is 4.90 Å². The minimum absolute atomic E-state index is 0.377. The molecular formula is C18H20N4OS. The van der Waals surface area contributed by atoms with E-state index in [1.54, 1.807) is 19.4 Å². The number of ether oxygens (including phenoxy) is 1. The van der Waals surface area contributed by atoms with Crippen molar-refractivity contribution < 1.29 is 4.74 Å². The van der Waals surface area contributed by atoms with Crippen LogP contribution < -0.4 is 10.1 Å². The van der Waals surface area contributed by atoms with E-state index < -0.39 is 0 Å². The smallest absolute Gasteiger partial charge is 0.226 e. The number of benzene rings is 1. The number of rotatable bonds is 5. The normalized spacial score (nSPS) is 18.1. The van der Waals surface area contributed by atoms with Gasteiger partial charge < -0.3 is 10.1 Å². The Bertz CT molecular complexity index is 835. The number of aromatic nitrogens is 2. The van der Waals surface area contributed by atoms with Crippen molar-refractivity contribution >= 4 is 27.4 Å². The third-order valence-electron chi connectivity index (χ3n) is 4.40. The fraction of sp³-hybridized carbons (Fsp3) is 0.333. The van der Waals surface area contributed by atoms with Crippen LogP contribution in [0.4, 0.5) is 5.95 Å². The Balaban J connectivity index is 1.39. The van der Waals surface area contributed by atoms with Crippen LogP contribution in [0.3, 0.4) is 0 Å². The summed E-state index contributed by atoms with van der Waals surface area (Å²) in [5, 5.41) is 7.09. The Morgan fingerprint density at radius 1 is 1.33 bits per heavy atom. The van der Waals surface area contributed by atoms with Gasteiger partial charge in [-0.15, -0.1) is 11.3 Å². The van der Waals surface area contributed by atoms with Crippen LogP contribution in [0.5, 0.6) is 5.88 Å². The van der Waals surface area contributed by atoms with E-state index in [0.29, 0.717) is 17.9 Å². The zero-order valence-electron chi connectivity index (χ0n) is 13.6. The highest BCUT2D eigenvalue weighted by Crippen LogP contribution is 2.27.